The molecule has 0 heterocycles. The lowest BCUT2D eigenvalue weighted by Crippen LogP contribution is -2.59. The first kappa shape index (κ1) is 34.3. The predicted molar refractivity (Wildman–Crippen MR) is 168 cm³/mol. The maximum atomic E-state index is 13.5. The average molecular weight is 607 g/mol. The van der Waals surface area contributed by atoms with E-state index >= 15 is 0 Å². The fourth-order valence-corrected chi connectivity index (χ4v) is 5.39. The Hall–Kier alpha value is -4.21. The minimum atomic E-state index is -1.23. The summed E-state index contributed by atoms with van der Waals surface area (Å²) in [6, 6.07) is 14.0. The van der Waals surface area contributed by atoms with Crippen LogP contribution in [0.25, 0.3) is 0 Å². The number of phenolic OH excluding ortho intramolecular Hbond substituents is 1. The van der Waals surface area contributed by atoms with Crippen LogP contribution in [0.2, 0.25) is 0 Å². The number of nitrogens with one attached hydrogen (secondary N) is 4. The van der Waals surface area contributed by atoms with E-state index in [1.807, 2.05) is 18.2 Å². The molecule has 1 saturated carbocycles. The Morgan fingerprint density at radius 2 is 1.45 bits per heavy atom. The van der Waals surface area contributed by atoms with Crippen LogP contribution in [0.3, 0.4) is 0 Å². The maximum Gasteiger partial charge on any atom is 0.247 e. The third-order valence-corrected chi connectivity index (χ3v) is 8.12. The van der Waals surface area contributed by atoms with Gasteiger partial charge in [0.1, 0.15) is 23.4 Å². The van der Waals surface area contributed by atoms with Gasteiger partial charge in [0.05, 0.1) is 6.04 Å². The van der Waals surface area contributed by atoms with E-state index in [1.165, 1.54) is 31.5 Å². The standard InChI is InChI=1S/C34H46N4O6/c1-21(2)30(37-33(44)34(38-24(5)39)20-28(34)26-16-18-27(40)19-17-26)32(43)36-23(4)31(42)35-22(3)29(41)15-11-7-10-14-25-12-8-6-9-13-25/h6,8-9,12-13,16-19,21-23,28,30,40H,7,10-11,14-15,20H2,1-5H3,(H,35,42)(H,36,43)(H,37,44)(H,38,39)/t22-,23-,28-,30-,34?/m0/s1. The number of amides is 4. The topological polar surface area (TPSA) is 154 Å². The van der Waals surface area contributed by atoms with Gasteiger partial charge in [0.15, 0.2) is 5.78 Å². The van der Waals surface area contributed by atoms with E-state index < -0.39 is 41.4 Å². The van der Waals surface area contributed by atoms with Crippen LogP contribution < -0.4 is 21.3 Å². The van der Waals surface area contributed by atoms with Gasteiger partial charge in [0, 0.05) is 19.3 Å². The SMILES string of the molecule is CC(=O)NC1(C(=O)N[C@H](C(=O)N[C@@H](C)C(=O)N[C@@H](C)C(=O)CCCCCc2ccccc2)C(C)C)C[C@H]1c1ccc(O)cc1. The number of carbonyl (C=O) groups excluding carboxylic acids is 5. The number of hydrogen-bond donors (Lipinski definition) is 5. The van der Waals surface area contributed by atoms with E-state index in [0.717, 1.165) is 31.2 Å². The summed E-state index contributed by atoms with van der Waals surface area (Å²) in [7, 11) is 0. The second kappa shape index (κ2) is 15.5. The van der Waals surface area contributed by atoms with Crippen molar-refractivity contribution >= 4 is 29.4 Å². The molecule has 2 aromatic rings. The van der Waals surface area contributed by atoms with E-state index in [0.29, 0.717) is 12.8 Å². The number of ketones is 1. The first-order valence-corrected chi connectivity index (χ1v) is 15.4. The number of carbonyl (C=O) groups is 5. The lowest BCUT2D eigenvalue weighted by Gasteiger charge is -2.27. The second-order valence-electron chi connectivity index (χ2n) is 12.2. The number of hydrogen-bond acceptors (Lipinski definition) is 6. The van der Waals surface area contributed by atoms with Crippen LogP contribution in [-0.4, -0.2) is 58.2 Å². The van der Waals surface area contributed by atoms with Crippen LogP contribution in [0.1, 0.15) is 83.8 Å². The molecule has 0 spiro atoms. The highest BCUT2D eigenvalue weighted by atomic mass is 16.3. The molecule has 238 valence electrons. The highest BCUT2D eigenvalue weighted by Gasteiger charge is 2.61. The van der Waals surface area contributed by atoms with Crippen molar-refractivity contribution in [2.45, 2.75) is 103 Å². The average Bonchev–Trinajstić information content (AvgIpc) is 3.70. The van der Waals surface area contributed by atoms with Gasteiger partial charge in [-0.25, -0.2) is 0 Å². The molecule has 3 rings (SSSR count). The molecule has 1 aliphatic rings. The summed E-state index contributed by atoms with van der Waals surface area (Å²) in [5, 5.41) is 20.5. The minimum Gasteiger partial charge on any atom is -0.508 e. The second-order valence-corrected chi connectivity index (χ2v) is 12.2. The van der Waals surface area contributed by atoms with Gasteiger partial charge in [-0.1, -0.05) is 62.7 Å². The predicted octanol–water partition coefficient (Wildman–Crippen LogP) is 3.28. The van der Waals surface area contributed by atoms with Crippen molar-refractivity contribution in [1.29, 1.82) is 0 Å². The van der Waals surface area contributed by atoms with Crippen LogP contribution in [0.15, 0.2) is 54.6 Å². The van der Waals surface area contributed by atoms with Crippen molar-refractivity contribution in [3.05, 3.63) is 65.7 Å². The van der Waals surface area contributed by atoms with E-state index in [1.54, 1.807) is 32.9 Å². The first-order valence-electron chi connectivity index (χ1n) is 15.4. The lowest BCUT2D eigenvalue weighted by molar-refractivity contribution is -0.135. The Bertz CT molecular complexity index is 1310. The van der Waals surface area contributed by atoms with Crippen LogP contribution in [0, 0.1) is 5.92 Å². The molecule has 44 heavy (non-hydrogen) atoms. The minimum absolute atomic E-state index is 0.0696. The fourth-order valence-electron chi connectivity index (χ4n) is 5.39. The van der Waals surface area contributed by atoms with E-state index in [4.69, 9.17) is 0 Å². The van der Waals surface area contributed by atoms with E-state index in [2.05, 4.69) is 33.4 Å². The molecule has 1 aliphatic carbocycles. The summed E-state index contributed by atoms with van der Waals surface area (Å²) in [5.74, 6) is -2.55. The zero-order valence-electron chi connectivity index (χ0n) is 26.3. The van der Waals surface area contributed by atoms with Gasteiger partial charge >= 0.3 is 0 Å². The molecule has 1 fully saturated rings. The smallest absolute Gasteiger partial charge is 0.247 e. The van der Waals surface area contributed by atoms with Gasteiger partial charge in [-0.3, -0.25) is 24.0 Å². The molecule has 10 heteroatoms. The monoisotopic (exact) mass is 606 g/mol. The summed E-state index contributed by atoms with van der Waals surface area (Å²) < 4.78 is 0. The number of aryl methyl sites for hydroxylation is 1. The largest absolute Gasteiger partial charge is 0.508 e. The summed E-state index contributed by atoms with van der Waals surface area (Å²) in [5.41, 5.74) is 0.822. The van der Waals surface area contributed by atoms with Crippen molar-refractivity contribution < 1.29 is 29.1 Å². The van der Waals surface area contributed by atoms with Crippen LogP contribution in [0.4, 0.5) is 0 Å². The van der Waals surface area contributed by atoms with Gasteiger partial charge in [0.25, 0.3) is 0 Å². The number of benzene rings is 2. The van der Waals surface area contributed by atoms with Crippen molar-refractivity contribution in [2.24, 2.45) is 5.92 Å². The third-order valence-electron chi connectivity index (χ3n) is 8.12. The van der Waals surface area contributed by atoms with Crippen molar-refractivity contribution in [2.75, 3.05) is 0 Å². The highest BCUT2D eigenvalue weighted by molar-refractivity contribution is 5.99. The lowest BCUT2D eigenvalue weighted by atomic mass is 10.0. The zero-order valence-corrected chi connectivity index (χ0v) is 26.3. The van der Waals surface area contributed by atoms with Crippen LogP contribution in [-0.2, 0) is 30.4 Å². The Kier molecular flexibility index (Phi) is 12.1. The molecule has 4 amide bonds. The van der Waals surface area contributed by atoms with E-state index in [9.17, 15) is 29.1 Å². The number of phenols is 1. The van der Waals surface area contributed by atoms with Gasteiger partial charge < -0.3 is 26.4 Å². The number of rotatable bonds is 16. The molecule has 1 unspecified atom stereocenters. The Balaban J connectivity index is 1.50. The van der Waals surface area contributed by atoms with Crippen molar-refractivity contribution in [3.8, 4) is 5.75 Å². The van der Waals surface area contributed by atoms with Crippen molar-refractivity contribution in [3.63, 3.8) is 0 Å². The quantitative estimate of drug-likeness (QED) is 0.185. The zero-order chi connectivity index (χ0) is 32.4. The summed E-state index contributed by atoms with van der Waals surface area (Å²) in [4.78, 5) is 64.2. The van der Waals surface area contributed by atoms with Gasteiger partial charge in [-0.05, 0) is 68.7 Å². The van der Waals surface area contributed by atoms with Gasteiger partial charge in [-0.15, -0.1) is 0 Å². The molecule has 0 aliphatic heterocycles. The fraction of sp³-hybridized carbons (Fsp3) is 0.500. The molecule has 5 atom stereocenters. The number of unbranched alkanes of at least 4 members (excludes halogenated alkanes) is 2. The molecule has 5 N–H and O–H groups in total. The number of aromatic hydroxyl groups is 1. The molecular weight excluding hydrogens is 560 g/mol. The van der Waals surface area contributed by atoms with Crippen LogP contribution in [0.5, 0.6) is 5.75 Å². The number of Topliss-reactive ketones (excluding diaryl/α,β-unsaturated/α-hetero) is 1. The third kappa shape index (κ3) is 9.39. The van der Waals surface area contributed by atoms with Crippen LogP contribution >= 0.6 is 0 Å². The summed E-state index contributed by atoms with van der Waals surface area (Å²) >= 11 is 0. The highest BCUT2D eigenvalue weighted by Crippen LogP contribution is 2.52. The molecule has 0 aromatic heterocycles. The maximum absolute atomic E-state index is 13.5. The van der Waals surface area contributed by atoms with Gasteiger partial charge in [0.2, 0.25) is 23.6 Å². The molecule has 0 bridgehead atoms. The van der Waals surface area contributed by atoms with Crippen molar-refractivity contribution in [1.82, 2.24) is 21.3 Å². The Morgan fingerprint density at radius 3 is 2.07 bits per heavy atom. The first-order chi connectivity index (χ1) is 20.8. The Morgan fingerprint density at radius 1 is 0.818 bits per heavy atom. The molecular formula is C34H46N4O6. The molecule has 0 radical (unpaired) electrons. The molecule has 10 nitrogen and oxygen atoms in total. The van der Waals surface area contributed by atoms with E-state index in [-0.39, 0.29) is 29.3 Å². The molecule has 0 saturated heterocycles. The summed E-state index contributed by atoms with van der Waals surface area (Å²) in [6.07, 6.45) is 4.30. The van der Waals surface area contributed by atoms with Gasteiger partial charge in [-0.2, -0.15) is 0 Å². The molecule has 2 aromatic carbocycles. The Labute approximate surface area is 259 Å². The normalized spacial score (nSPS) is 19.3. The summed E-state index contributed by atoms with van der Waals surface area (Å²) in [6.45, 7) is 8.02.